The van der Waals surface area contributed by atoms with Crippen molar-refractivity contribution in [3.63, 3.8) is 0 Å². The van der Waals surface area contributed by atoms with Gasteiger partial charge in [0.2, 0.25) is 5.95 Å². The largest absolute Gasteiger partial charge is 0.339 e. The first kappa shape index (κ1) is 17.1. The van der Waals surface area contributed by atoms with Gasteiger partial charge in [-0.15, -0.1) is 0 Å². The molecule has 0 bridgehead atoms. The van der Waals surface area contributed by atoms with Crippen LogP contribution in [0.1, 0.15) is 15.9 Å². The number of benzene rings is 1. The van der Waals surface area contributed by atoms with Gasteiger partial charge in [0, 0.05) is 30.6 Å². The van der Waals surface area contributed by atoms with Crippen LogP contribution >= 0.6 is 0 Å². The molecule has 2 aromatic heterocycles. The summed E-state index contributed by atoms with van der Waals surface area (Å²) in [7, 11) is 1.83. The molecule has 0 saturated heterocycles. The summed E-state index contributed by atoms with van der Waals surface area (Å²) < 4.78 is 1.69. The number of nitrogens with one attached hydrogen (secondary N) is 2. The maximum Gasteiger partial charge on any atom is 0.252 e. The normalized spacial score (nSPS) is 10.2. The van der Waals surface area contributed by atoms with Gasteiger partial charge in [0.05, 0.1) is 23.6 Å². The van der Waals surface area contributed by atoms with Crippen LogP contribution < -0.4 is 10.6 Å². The number of aryl methyl sites for hydroxylation is 2. The fraction of sp³-hybridized carbons (Fsp3) is 0.167. The zero-order chi connectivity index (χ0) is 18.5. The number of aromatic nitrogens is 4. The van der Waals surface area contributed by atoms with Crippen LogP contribution in [-0.2, 0) is 7.05 Å². The Balaban J connectivity index is 1.83. The Morgan fingerprint density at radius 2 is 2.04 bits per heavy atom. The molecule has 3 rings (SSSR count). The number of nitriles is 1. The molecule has 0 aliphatic carbocycles. The van der Waals surface area contributed by atoms with Crippen molar-refractivity contribution in [1.82, 2.24) is 25.1 Å². The monoisotopic (exact) mass is 347 g/mol. The number of amides is 1. The minimum absolute atomic E-state index is 0.0189. The predicted octanol–water partition coefficient (Wildman–Crippen LogP) is 2.18. The molecule has 1 aromatic carbocycles. The number of nitrogens with zero attached hydrogens (tertiary/aromatic N) is 5. The lowest BCUT2D eigenvalue weighted by molar-refractivity contribution is 0.0958. The molecule has 0 spiro atoms. The van der Waals surface area contributed by atoms with E-state index in [1.165, 1.54) is 0 Å². The molecule has 0 saturated carbocycles. The average Bonchev–Trinajstić information content (AvgIpc) is 3.06. The van der Waals surface area contributed by atoms with Crippen molar-refractivity contribution in [3.05, 3.63) is 54.0 Å². The van der Waals surface area contributed by atoms with Crippen LogP contribution in [0, 0.1) is 18.3 Å². The molecular weight excluding hydrogens is 330 g/mol. The van der Waals surface area contributed by atoms with Gasteiger partial charge in [0.1, 0.15) is 6.54 Å². The number of anilines is 2. The van der Waals surface area contributed by atoms with Crippen molar-refractivity contribution in [2.75, 3.05) is 11.9 Å². The van der Waals surface area contributed by atoms with E-state index in [-0.39, 0.29) is 12.5 Å². The zero-order valence-corrected chi connectivity index (χ0v) is 14.4. The van der Waals surface area contributed by atoms with Crippen molar-refractivity contribution in [1.29, 1.82) is 5.26 Å². The highest BCUT2D eigenvalue weighted by molar-refractivity contribution is 5.94. The summed E-state index contributed by atoms with van der Waals surface area (Å²) in [6, 6.07) is 8.94. The van der Waals surface area contributed by atoms with Gasteiger partial charge in [-0.1, -0.05) is 12.1 Å². The molecule has 0 aliphatic heterocycles. The zero-order valence-electron chi connectivity index (χ0n) is 14.4. The SMILES string of the molecule is Cc1cnc(Nc2cnn(C)c2)nc1-c1ccc(C(=O)NCC#N)cc1. The van der Waals surface area contributed by atoms with Crippen molar-refractivity contribution in [3.8, 4) is 17.3 Å². The maximum absolute atomic E-state index is 11.9. The first-order chi connectivity index (χ1) is 12.6. The van der Waals surface area contributed by atoms with E-state index < -0.39 is 0 Å². The summed E-state index contributed by atoms with van der Waals surface area (Å²) in [6.45, 7) is 1.91. The van der Waals surface area contributed by atoms with Crippen LogP contribution in [0.5, 0.6) is 0 Å². The third kappa shape index (κ3) is 3.84. The number of hydrogen-bond donors (Lipinski definition) is 2. The Kier molecular flexibility index (Phi) is 4.90. The molecule has 130 valence electrons. The van der Waals surface area contributed by atoms with E-state index in [4.69, 9.17) is 5.26 Å². The van der Waals surface area contributed by atoms with Crippen LogP contribution in [0.15, 0.2) is 42.9 Å². The topological polar surface area (TPSA) is 109 Å². The van der Waals surface area contributed by atoms with Crippen LogP contribution in [0.2, 0.25) is 0 Å². The fourth-order valence-corrected chi connectivity index (χ4v) is 2.41. The van der Waals surface area contributed by atoms with E-state index in [1.807, 2.05) is 38.4 Å². The molecule has 0 atom stereocenters. The third-order valence-corrected chi connectivity index (χ3v) is 3.68. The molecule has 0 radical (unpaired) electrons. The highest BCUT2D eigenvalue weighted by atomic mass is 16.1. The first-order valence-corrected chi connectivity index (χ1v) is 7.91. The Morgan fingerprint density at radius 3 is 2.69 bits per heavy atom. The molecule has 26 heavy (non-hydrogen) atoms. The first-order valence-electron chi connectivity index (χ1n) is 7.91. The second kappa shape index (κ2) is 7.44. The highest BCUT2D eigenvalue weighted by Crippen LogP contribution is 2.23. The summed E-state index contributed by atoms with van der Waals surface area (Å²) in [4.78, 5) is 20.7. The minimum Gasteiger partial charge on any atom is -0.339 e. The molecule has 8 heteroatoms. The molecule has 3 aromatic rings. The van der Waals surface area contributed by atoms with Gasteiger partial charge in [-0.05, 0) is 24.6 Å². The smallest absolute Gasteiger partial charge is 0.252 e. The van der Waals surface area contributed by atoms with Gasteiger partial charge in [0.25, 0.3) is 5.91 Å². The Labute approximate surface area is 150 Å². The van der Waals surface area contributed by atoms with Gasteiger partial charge < -0.3 is 10.6 Å². The summed E-state index contributed by atoms with van der Waals surface area (Å²) in [5.41, 5.74) is 3.85. The quantitative estimate of drug-likeness (QED) is 0.685. The van der Waals surface area contributed by atoms with Gasteiger partial charge in [-0.25, -0.2) is 9.97 Å². The fourth-order valence-electron chi connectivity index (χ4n) is 2.41. The molecule has 0 aliphatic rings. The molecular formula is C18H17N7O. The number of carbonyl (C=O) groups is 1. The lowest BCUT2D eigenvalue weighted by Gasteiger charge is -2.09. The van der Waals surface area contributed by atoms with E-state index in [1.54, 1.807) is 29.2 Å². The van der Waals surface area contributed by atoms with Crippen molar-refractivity contribution >= 4 is 17.5 Å². The van der Waals surface area contributed by atoms with Crippen LogP contribution in [0.4, 0.5) is 11.6 Å². The minimum atomic E-state index is -0.281. The van der Waals surface area contributed by atoms with Gasteiger partial charge >= 0.3 is 0 Å². The molecule has 0 unspecified atom stereocenters. The lowest BCUT2D eigenvalue weighted by Crippen LogP contribution is -2.23. The van der Waals surface area contributed by atoms with Crippen molar-refractivity contribution in [2.24, 2.45) is 7.05 Å². The van der Waals surface area contributed by atoms with Crippen LogP contribution in [0.3, 0.4) is 0 Å². The van der Waals surface area contributed by atoms with Gasteiger partial charge in [-0.2, -0.15) is 10.4 Å². The second-order valence-electron chi connectivity index (χ2n) is 5.67. The summed E-state index contributed by atoms with van der Waals surface area (Å²) in [5, 5.41) is 18.3. The Morgan fingerprint density at radius 1 is 1.27 bits per heavy atom. The van der Waals surface area contributed by atoms with Crippen molar-refractivity contribution in [2.45, 2.75) is 6.92 Å². The molecule has 2 heterocycles. The van der Waals surface area contributed by atoms with Gasteiger partial charge in [-0.3, -0.25) is 9.48 Å². The second-order valence-corrected chi connectivity index (χ2v) is 5.67. The molecule has 8 nitrogen and oxygen atoms in total. The Bertz CT molecular complexity index is 970. The molecule has 0 fully saturated rings. The van der Waals surface area contributed by atoms with E-state index in [2.05, 4.69) is 25.7 Å². The highest BCUT2D eigenvalue weighted by Gasteiger charge is 2.10. The predicted molar refractivity (Wildman–Crippen MR) is 96.6 cm³/mol. The van der Waals surface area contributed by atoms with Crippen LogP contribution in [0.25, 0.3) is 11.3 Å². The van der Waals surface area contributed by atoms with E-state index >= 15 is 0 Å². The van der Waals surface area contributed by atoms with Gasteiger partial charge in [0.15, 0.2) is 0 Å². The molecule has 2 N–H and O–H groups in total. The molecule has 1 amide bonds. The third-order valence-electron chi connectivity index (χ3n) is 3.68. The van der Waals surface area contributed by atoms with E-state index in [0.717, 1.165) is 22.5 Å². The number of rotatable bonds is 5. The van der Waals surface area contributed by atoms with E-state index in [9.17, 15) is 4.79 Å². The average molecular weight is 347 g/mol. The maximum atomic E-state index is 11.9. The van der Waals surface area contributed by atoms with Crippen LogP contribution in [-0.4, -0.2) is 32.2 Å². The Hall–Kier alpha value is -3.73. The number of carbonyl (C=O) groups excluding carboxylic acids is 1. The standard InChI is InChI=1S/C18H17N7O/c1-12-9-21-18(23-15-10-22-25(2)11-15)24-16(12)13-3-5-14(6-4-13)17(26)20-8-7-19/h3-6,9-11H,8H2,1-2H3,(H,20,26)(H,21,23,24). The summed E-state index contributed by atoms with van der Waals surface area (Å²) >= 11 is 0. The van der Waals surface area contributed by atoms with E-state index in [0.29, 0.717) is 11.5 Å². The summed E-state index contributed by atoms with van der Waals surface area (Å²) in [6.07, 6.45) is 5.27. The number of hydrogen-bond acceptors (Lipinski definition) is 6. The summed E-state index contributed by atoms with van der Waals surface area (Å²) in [5.74, 6) is 0.186. The van der Waals surface area contributed by atoms with Crippen molar-refractivity contribution < 1.29 is 4.79 Å². The lowest BCUT2D eigenvalue weighted by atomic mass is 10.1.